The first kappa shape index (κ1) is 17.0. The number of amides is 1. The van der Waals surface area contributed by atoms with Crippen LogP contribution in [0.4, 0.5) is 0 Å². The number of carbonyl (C=O) groups is 1. The van der Waals surface area contributed by atoms with Gasteiger partial charge in [0.25, 0.3) is 0 Å². The Bertz CT molecular complexity index is 453. The van der Waals surface area contributed by atoms with Crippen molar-refractivity contribution in [3.8, 4) is 0 Å². The number of carbonyl (C=O) groups excluding carboxylic acids is 1. The molecule has 0 aliphatic carbocycles. The molecule has 0 spiro atoms. The summed E-state index contributed by atoms with van der Waals surface area (Å²) in [6.07, 6.45) is 2.36. The third-order valence-electron chi connectivity index (χ3n) is 3.98. The Morgan fingerprint density at radius 1 is 1.27 bits per heavy atom. The summed E-state index contributed by atoms with van der Waals surface area (Å²) in [7, 11) is 0. The lowest BCUT2D eigenvalue weighted by atomic mass is 10.1. The van der Waals surface area contributed by atoms with E-state index >= 15 is 0 Å². The standard InChI is InChI=1S/C18H28N2O2/c1-14(9-10-17-7-5-4-6-8-17)19-18(21)13-20-11-15(2)22-16(3)12-20/h4-8,14-16H,9-13H2,1-3H3,(H,19,21). The molecule has 1 aromatic rings. The van der Waals surface area contributed by atoms with E-state index in [1.54, 1.807) is 0 Å². The predicted molar refractivity (Wildman–Crippen MR) is 88.8 cm³/mol. The van der Waals surface area contributed by atoms with Crippen LogP contribution in [0, 0.1) is 0 Å². The number of ether oxygens (including phenoxy) is 1. The van der Waals surface area contributed by atoms with E-state index in [1.807, 2.05) is 6.07 Å². The third-order valence-corrected chi connectivity index (χ3v) is 3.98. The number of rotatable bonds is 6. The van der Waals surface area contributed by atoms with Gasteiger partial charge in [0.05, 0.1) is 18.8 Å². The van der Waals surface area contributed by atoms with E-state index in [1.165, 1.54) is 5.56 Å². The molecule has 1 heterocycles. The maximum absolute atomic E-state index is 12.2. The normalized spacial score (nSPS) is 24.0. The largest absolute Gasteiger partial charge is 0.373 e. The van der Waals surface area contributed by atoms with Crippen molar-refractivity contribution < 1.29 is 9.53 Å². The van der Waals surface area contributed by atoms with E-state index in [0.29, 0.717) is 6.54 Å². The Labute approximate surface area is 133 Å². The highest BCUT2D eigenvalue weighted by Crippen LogP contribution is 2.10. The van der Waals surface area contributed by atoms with Crippen LogP contribution in [0.2, 0.25) is 0 Å². The van der Waals surface area contributed by atoms with Crippen molar-refractivity contribution >= 4 is 5.91 Å². The molecule has 1 aliphatic rings. The molecule has 3 atom stereocenters. The summed E-state index contributed by atoms with van der Waals surface area (Å²) in [5, 5.41) is 3.11. The second kappa shape index (κ2) is 8.30. The van der Waals surface area contributed by atoms with Crippen LogP contribution in [0.5, 0.6) is 0 Å². The highest BCUT2D eigenvalue weighted by atomic mass is 16.5. The van der Waals surface area contributed by atoms with Gasteiger partial charge in [0.15, 0.2) is 0 Å². The summed E-state index contributed by atoms with van der Waals surface area (Å²) in [6.45, 7) is 8.32. The molecule has 0 bridgehead atoms. The number of hydrogen-bond donors (Lipinski definition) is 1. The Balaban J connectivity index is 1.69. The number of nitrogens with zero attached hydrogens (tertiary/aromatic N) is 1. The molecule has 0 radical (unpaired) electrons. The summed E-state index contributed by atoms with van der Waals surface area (Å²) in [6, 6.07) is 10.6. The highest BCUT2D eigenvalue weighted by molar-refractivity contribution is 5.78. The number of benzene rings is 1. The first-order valence-corrected chi connectivity index (χ1v) is 8.24. The maximum Gasteiger partial charge on any atom is 0.234 e. The second-order valence-electron chi connectivity index (χ2n) is 6.44. The molecule has 1 amide bonds. The molecule has 1 saturated heterocycles. The quantitative estimate of drug-likeness (QED) is 0.876. The van der Waals surface area contributed by atoms with Gasteiger partial charge in [0, 0.05) is 19.1 Å². The van der Waals surface area contributed by atoms with Crippen LogP contribution in [0.15, 0.2) is 30.3 Å². The average Bonchev–Trinajstić information content (AvgIpc) is 2.45. The van der Waals surface area contributed by atoms with Gasteiger partial charge in [0.1, 0.15) is 0 Å². The van der Waals surface area contributed by atoms with E-state index in [4.69, 9.17) is 4.74 Å². The molecule has 1 fully saturated rings. The molecule has 22 heavy (non-hydrogen) atoms. The number of nitrogens with one attached hydrogen (secondary N) is 1. The predicted octanol–water partition coefficient (Wildman–Crippen LogP) is 2.23. The molecule has 3 unspecified atom stereocenters. The van der Waals surface area contributed by atoms with E-state index in [9.17, 15) is 4.79 Å². The van der Waals surface area contributed by atoms with Gasteiger partial charge in [-0.2, -0.15) is 0 Å². The van der Waals surface area contributed by atoms with Gasteiger partial charge >= 0.3 is 0 Å². The van der Waals surface area contributed by atoms with Gasteiger partial charge in [0.2, 0.25) is 5.91 Å². The van der Waals surface area contributed by atoms with E-state index < -0.39 is 0 Å². The first-order valence-electron chi connectivity index (χ1n) is 8.24. The topological polar surface area (TPSA) is 41.6 Å². The van der Waals surface area contributed by atoms with Gasteiger partial charge in [-0.1, -0.05) is 30.3 Å². The molecule has 2 rings (SSSR count). The van der Waals surface area contributed by atoms with E-state index in [-0.39, 0.29) is 24.2 Å². The average molecular weight is 304 g/mol. The zero-order valence-electron chi connectivity index (χ0n) is 13.9. The van der Waals surface area contributed by atoms with Crippen LogP contribution in [-0.4, -0.2) is 48.7 Å². The van der Waals surface area contributed by atoms with Crippen molar-refractivity contribution in [2.24, 2.45) is 0 Å². The lowest BCUT2D eigenvalue weighted by Crippen LogP contribution is -2.50. The van der Waals surface area contributed by atoms with Crippen molar-refractivity contribution in [1.29, 1.82) is 0 Å². The number of hydrogen-bond acceptors (Lipinski definition) is 3. The van der Waals surface area contributed by atoms with E-state index in [2.05, 4.69) is 55.3 Å². The summed E-state index contributed by atoms with van der Waals surface area (Å²) < 4.78 is 5.69. The molecule has 1 aromatic carbocycles. The van der Waals surface area contributed by atoms with Crippen molar-refractivity contribution in [1.82, 2.24) is 10.2 Å². The summed E-state index contributed by atoms with van der Waals surface area (Å²) >= 11 is 0. The van der Waals surface area contributed by atoms with Crippen molar-refractivity contribution in [3.63, 3.8) is 0 Å². The lowest BCUT2D eigenvalue weighted by Gasteiger charge is -2.35. The van der Waals surface area contributed by atoms with Gasteiger partial charge < -0.3 is 10.1 Å². The van der Waals surface area contributed by atoms with Gasteiger partial charge in [-0.05, 0) is 39.2 Å². The molecule has 4 nitrogen and oxygen atoms in total. The SMILES string of the molecule is CC(CCc1ccccc1)NC(=O)CN1CC(C)OC(C)C1. The zero-order valence-corrected chi connectivity index (χ0v) is 13.9. The van der Waals surface area contributed by atoms with Crippen molar-refractivity contribution in [2.45, 2.75) is 51.9 Å². The van der Waals surface area contributed by atoms with Crippen LogP contribution in [0.3, 0.4) is 0 Å². The summed E-state index contributed by atoms with van der Waals surface area (Å²) in [5.74, 6) is 0.113. The summed E-state index contributed by atoms with van der Waals surface area (Å²) in [5.41, 5.74) is 1.32. The minimum Gasteiger partial charge on any atom is -0.373 e. The fourth-order valence-electron chi connectivity index (χ4n) is 3.04. The van der Waals surface area contributed by atoms with Crippen LogP contribution in [-0.2, 0) is 16.0 Å². The van der Waals surface area contributed by atoms with Crippen LogP contribution < -0.4 is 5.32 Å². The van der Waals surface area contributed by atoms with Gasteiger partial charge in [-0.25, -0.2) is 0 Å². The number of morpholine rings is 1. The maximum atomic E-state index is 12.2. The van der Waals surface area contributed by atoms with E-state index in [0.717, 1.165) is 25.9 Å². The Morgan fingerprint density at radius 3 is 2.55 bits per heavy atom. The van der Waals surface area contributed by atoms with Gasteiger partial charge in [-0.15, -0.1) is 0 Å². The molecule has 0 aromatic heterocycles. The fraction of sp³-hybridized carbons (Fsp3) is 0.611. The molecule has 0 saturated carbocycles. The molecule has 122 valence electrons. The minimum atomic E-state index is 0.113. The van der Waals surface area contributed by atoms with Crippen molar-refractivity contribution in [3.05, 3.63) is 35.9 Å². The summed E-state index contributed by atoms with van der Waals surface area (Å²) in [4.78, 5) is 14.3. The molecular weight excluding hydrogens is 276 g/mol. The fourth-order valence-corrected chi connectivity index (χ4v) is 3.04. The monoisotopic (exact) mass is 304 g/mol. The Kier molecular flexibility index (Phi) is 6.40. The number of aryl methyl sites for hydroxylation is 1. The minimum absolute atomic E-state index is 0.113. The van der Waals surface area contributed by atoms with Crippen LogP contribution in [0.25, 0.3) is 0 Å². The smallest absolute Gasteiger partial charge is 0.234 e. The first-order chi connectivity index (χ1) is 10.5. The Morgan fingerprint density at radius 2 is 1.91 bits per heavy atom. The second-order valence-corrected chi connectivity index (χ2v) is 6.44. The van der Waals surface area contributed by atoms with Crippen molar-refractivity contribution in [2.75, 3.05) is 19.6 Å². The molecular formula is C18H28N2O2. The Hall–Kier alpha value is -1.39. The van der Waals surface area contributed by atoms with Gasteiger partial charge in [-0.3, -0.25) is 9.69 Å². The molecule has 4 heteroatoms. The third kappa shape index (κ3) is 5.78. The molecule has 1 aliphatic heterocycles. The van der Waals surface area contributed by atoms with Crippen LogP contribution in [0.1, 0.15) is 32.8 Å². The highest BCUT2D eigenvalue weighted by Gasteiger charge is 2.23. The van der Waals surface area contributed by atoms with Crippen LogP contribution >= 0.6 is 0 Å². The lowest BCUT2D eigenvalue weighted by molar-refractivity contribution is -0.126. The zero-order chi connectivity index (χ0) is 15.9. The molecule has 1 N–H and O–H groups in total.